The van der Waals surface area contributed by atoms with Crippen LogP contribution in [0.4, 0.5) is 0 Å². The zero-order valence-corrected chi connectivity index (χ0v) is 11.5. The van der Waals surface area contributed by atoms with E-state index >= 15 is 0 Å². The Morgan fingerprint density at radius 1 is 1.20 bits per heavy atom. The third-order valence-electron chi connectivity index (χ3n) is 3.37. The minimum Gasteiger partial charge on any atom is -0.324 e. The summed E-state index contributed by atoms with van der Waals surface area (Å²) in [5, 5.41) is 0.893. The van der Waals surface area contributed by atoms with Crippen LogP contribution in [0, 0.1) is 0 Å². The molecule has 100 valence electrons. The Balaban J connectivity index is 2.39. The number of pyridine rings is 1. The molecule has 0 unspecified atom stereocenters. The molecule has 20 heavy (non-hydrogen) atoms. The van der Waals surface area contributed by atoms with E-state index in [2.05, 4.69) is 0 Å². The van der Waals surface area contributed by atoms with Crippen LogP contribution in [-0.4, -0.2) is 15.4 Å². The number of hydrogen-bond acceptors (Lipinski definition) is 2. The van der Waals surface area contributed by atoms with Gasteiger partial charge in [-0.05, 0) is 30.3 Å². The smallest absolute Gasteiger partial charge is 0.262 e. The topological polar surface area (TPSA) is 44.0 Å². The highest BCUT2D eigenvalue weighted by Gasteiger charge is 2.13. The first-order chi connectivity index (χ1) is 9.63. The number of nitrogens with zero attached hydrogens (tertiary/aromatic N) is 2. The van der Waals surface area contributed by atoms with Crippen LogP contribution in [0.25, 0.3) is 16.6 Å². The number of aldehydes is 1. The van der Waals surface area contributed by atoms with Crippen LogP contribution < -0.4 is 5.56 Å². The van der Waals surface area contributed by atoms with Crippen LogP contribution in [0.15, 0.2) is 47.5 Å². The van der Waals surface area contributed by atoms with Crippen molar-refractivity contribution in [3.63, 3.8) is 0 Å². The molecule has 5 heteroatoms. The molecular weight excluding hydrogens is 276 g/mol. The van der Waals surface area contributed by atoms with Gasteiger partial charge in [-0.1, -0.05) is 11.6 Å². The van der Waals surface area contributed by atoms with Crippen LogP contribution in [-0.2, 0) is 7.05 Å². The fourth-order valence-corrected chi connectivity index (χ4v) is 2.57. The van der Waals surface area contributed by atoms with E-state index in [-0.39, 0.29) is 16.1 Å². The lowest BCUT2D eigenvalue weighted by Gasteiger charge is -2.11. The van der Waals surface area contributed by atoms with Gasteiger partial charge in [0.25, 0.3) is 5.56 Å². The molecular formula is C15H11ClN2O2. The van der Waals surface area contributed by atoms with Gasteiger partial charge in [-0.3, -0.25) is 9.59 Å². The number of aromatic nitrogens is 2. The molecule has 0 aliphatic carbocycles. The predicted molar refractivity (Wildman–Crippen MR) is 78.9 cm³/mol. The number of rotatable bonds is 2. The Labute approximate surface area is 119 Å². The molecule has 0 N–H and O–H groups in total. The standard InChI is InChI=1S/C15H11ClN2O2/c1-17-13-8-10(18-6-2-3-7-18)4-5-11(13)14(16)12(9-19)15(17)20/h2-9H,1H3. The van der Waals surface area contributed by atoms with Gasteiger partial charge in [0.15, 0.2) is 6.29 Å². The van der Waals surface area contributed by atoms with Gasteiger partial charge in [0.1, 0.15) is 0 Å². The average Bonchev–Trinajstić information content (AvgIpc) is 2.99. The molecule has 3 aromatic rings. The van der Waals surface area contributed by atoms with E-state index in [1.54, 1.807) is 7.05 Å². The van der Waals surface area contributed by atoms with Crippen LogP contribution in [0.3, 0.4) is 0 Å². The molecule has 2 heterocycles. The summed E-state index contributed by atoms with van der Waals surface area (Å²) in [7, 11) is 1.63. The third-order valence-corrected chi connectivity index (χ3v) is 3.78. The normalized spacial score (nSPS) is 10.9. The van der Waals surface area contributed by atoms with Crippen molar-refractivity contribution in [1.82, 2.24) is 9.13 Å². The summed E-state index contributed by atoms with van der Waals surface area (Å²) >= 11 is 6.14. The second-order valence-corrected chi connectivity index (χ2v) is 4.88. The van der Waals surface area contributed by atoms with Crippen molar-refractivity contribution in [1.29, 1.82) is 0 Å². The highest BCUT2D eigenvalue weighted by Crippen LogP contribution is 2.26. The van der Waals surface area contributed by atoms with Crippen LogP contribution in [0.5, 0.6) is 0 Å². The van der Waals surface area contributed by atoms with E-state index in [4.69, 9.17) is 11.6 Å². The lowest BCUT2D eigenvalue weighted by atomic mass is 10.1. The van der Waals surface area contributed by atoms with Gasteiger partial charge in [0.2, 0.25) is 0 Å². The summed E-state index contributed by atoms with van der Waals surface area (Å²) in [6.07, 6.45) is 4.34. The van der Waals surface area contributed by atoms with Crippen molar-refractivity contribution < 1.29 is 4.79 Å². The monoisotopic (exact) mass is 286 g/mol. The van der Waals surface area contributed by atoms with E-state index in [0.717, 1.165) is 5.69 Å². The van der Waals surface area contributed by atoms with E-state index in [9.17, 15) is 9.59 Å². The number of benzene rings is 1. The Bertz CT molecular complexity index is 864. The van der Waals surface area contributed by atoms with E-state index in [1.807, 2.05) is 47.3 Å². The second kappa shape index (κ2) is 4.65. The molecule has 0 saturated carbocycles. The van der Waals surface area contributed by atoms with Crippen molar-refractivity contribution in [3.05, 3.63) is 63.7 Å². The molecule has 0 fully saturated rings. The molecule has 2 aromatic heterocycles. The van der Waals surface area contributed by atoms with Crippen LogP contribution >= 0.6 is 11.6 Å². The minimum atomic E-state index is -0.387. The quantitative estimate of drug-likeness (QED) is 0.680. The van der Waals surface area contributed by atoms with Gasteiger partial charge in [0, 0.05) is 30.5 Å². The summed E-state index contributed by atoms with van der Waals surface area (Å²) in [4.78, 5) is 23.1. The summed E-state index contributed by atoms with van der Waals surface area (Å²) < 4.78 is 3.38. The first-order valence-electron chi connectivity index (χ1n) is 6.04. The van der Waals surface area contributed by atoms with Gasteiger partial charge in [-0.15, -0.1) is 0 Å². The van der Waals surface area contributed by atoms with Gasteiger partial charge >= 0.3 is 0 Å². The fraction of sp³-hybridized carbons (Fsp3) is 0.0667. The molecule has 4 nitrogen and oxygen atoms in total. The summed E-state index contributed by atoms with van der Waals surface area (Å²) in [6.45, 7) is 0. The Morgan fingerprint density at radius 3 is 2.55 bits per heavy atom. The number of carbonyl (C=O) groups excluding carboxylic acids is 1. The molecule has 0 saturated heterocycles. The summed E-state index contributed by atoms with van der Waals surface area (Å²) in [5.41, 5.74) is 1.22. The van der Waals surface area contributed by atoms with Crippen molar-refractivity contribution >= 4 is 28.8 Å². The third kappa shape index (κ3) is 1.77. The molecule has 0 aliphatic heterocycles. The molecule has 0 bridgehead atoms. The van der Waals surface area contributed by atoms with Gasteiger partial charge in [-0.2, -0.15) is 0 Å². The molecule has 0 spiro atoms. The van der Waals surface area contributed by atoms with Crippen LogP contribution in [0.2, 0.25) is 5.02 Å². The molecule has 0 atom stereocenters. The predicted octanol–water partition coefficient (Wildman–Crippen LogP) is 2.80. The number of halogens is 1. The highest BCUT2D eigenvalue weighted by molar-refractivity contribution is 6.37. The molecule has 0 radical (unpaired) electrons. The summed E-state index contributed by atoms with van der Waals surface area (Å²) in [6, 6.07) is 9.43. The maximum atomic E-state index is 12.1. The fourth-order valence-electron chi connectivity index (χ4n) is 2.28. The average molecular weight is 287 g/mol. The molecule has 3 rings (SSSR count). The van der Waals surface area contributed by atoms with Crippen LogP contribution in [0.1, 0.15) is 10.4 Å². The van der Waals surface area contributed by atoms with Crippen molar-refractivity contribution in [2.24, 2.45) is 7.05 Å². The van der Waals surface area contributed by atoms with E-state index in [1.165, 1.54) is 4.57 Å². The van der Waals surface area contributed by atoms with Gasteiger partial charge < -0.3 is 9.13 Å². The minimum absolute atomic E-state index is 0.00428. The van der Waals surface area contributed by atoms with Crippen molar-refractivity contribution in [2.45, 2.75) is 0 Å². The highest BCUT2D eigenvalue weighted by atomic mass is 35.5. The van der Waals surface area contributed by atoms with Crippen molar-refractivity contribution in [3.8, 4) is 5.69 Å². The SMILES string of the molecule is Cn1c(=O)c(C=O)c(Cl)c2ccc(-n3cccc3)cc21. The molecule has 1 aromatic carbocycles. The van der Waals surface area contributed by atoms with Gasteiger partial charge in [-0.25, -0.2) is 0 Å². The molecule has 0 amide bonds. The number of fused-ring (bicyclic) bond motifs is 1. The maximum absolute atomic E-state index is 12.1. The zero-order chi connectivity index (χ0) is 14.3. The second-order valence-electron chi connectivity index (χ2n) is 4.50. The Morgan fingerprint density at radius 2 is 1.90 bits per heavy atom. The van der Waals surface area contributed by atoms with E-state index in [0.29, 0.717) is 17.2 Å². The number of aryl methyl sites for hydroxylation is 1. The summed E-state index contributed by atoms with van der Waals surface area (Å²) in [5.74, 6) is 0. The maximum Gasteiger partial charge on any atom is 0.262 e. The zero-order valence-electron chi connectivity index (χ0n) is 10.7. The largest absolute Gasteiger partial charge is 0.324 e. The van der Waals surface area contributed by atoms with E-state index < -0.39 is 0 Å². The number of hydrogen-bond donors (Lipinski definition) is 0. The first-order valence-corrected chi connectivity index (χ1v) is 6.42. The first kappa shape index (κ1) is 12.7. The molecule has 0 aliphatic rings. The number of carbonyl (C=O) groups is 1. The van der Waals surface area contributed by atoms with Crippen molar-refractivity contribution in [2.75, 3.05) is 0 Å². The lowest BCUT2D eigenvalue weighted by molar-refractivity contribution is 0.112. The Hall–Kier alpha value is -2.33. The van der Waals surface area contributed by atoms with Gasteiger partial charge in [0.05, 0.1) is 16.1 Å². The Kier molecular flexibility index (Phi) is 2.95. The lowest BCUT2D eigenvalue weighted by Crippen LogP contribution is -2.21.